The van der Waals surface area contributed by atoms with Crippen LogP contribution in [0.1, 0.15) is 55.6 Å². The Labute approximate surface area is 239 Å². The molecule has 0 unspecified atom stereocenters. The van der Waals surface area contributed by atoms with Crippen molar-refractivity contribution in [1.29, 1.82) is 0 Å². The van der Waals surface area contributed by atoms with Gasteiger partial charge in [0.2, 0.25) is 5.75 Å². The third-order valence-corrected chi connectivity index (χ3v) is 7.99. The quantitative estimate of drug-likeness (QED) is 0.276. The van der Waals surface area contributed by atoms with E-state index in [1.807, 2.05) is 0 Å². The normalized spacial score (nSPS) is 17.9. The van der Waals surface area contributed by atoms with Crippen molar-refractivity contribution in [2.45, 2.75) is 50.6 Å². The molecular formula is C28H22BrF3N2O7. The number of rotatable bonds is 6. The first kappa shape index (κ1) is 28.5. The summed E-state index contributed by atoms with van der Waals surface area (Å²) in [5.74, 6) is -2.51. The fourth-order valence-corrected chi connectivity index (χ4v) is 6.17. The Bertz CT molecular complexity index is 1520. The Morgan fingerprint density at radius 1 is 1.00 bits per heavy atom. The highest BCUT2D eigenvalue weighted by atomic mass is 79.9. The maximum Gasteiger partial charge on any atom is 0.416 e. The molecule has 41 heavy (non-hydrogen) atoms. The van der Waals surface area contributed by atoms with Crippen LogP contribution in [-0.2, 0) is 20.6 Å². The average molecular weight is 635 g/mol. The van der Waals surface area contributed by atoms with Crippen molar-refractivity contribution in [2.24, 2.45) is 0 Å². The predicted molar refractivity (Wildman–Crippen MR) is 141 cm³/mol. The van der Waals surface area contributed by atoms with E-state index in [2.05, 4.69) is 15.9 Å². The van der Waals surface area contributed by atoms with E-state index < -0.39 is 40.0 Å². The largest absolute Gasteiger partial charge is 0.480 e. The van der Waals surface area contributed by atoms with Gasteiger partial charge in [0.1, 0.15) is 12.3 Å². The number of carbonyl (C=O) groups excluding carboxylic acids is 2. The van der Waals surface area contributed by atoms with Crippen LogP contribution in [0.2, 0.25) is 0 Å². The van der Waals surface area contributed by atoms with E-state index in [0.29, 0.717) is 65.9 Å². The maximum atomic E-state index is 13.3. The molecule has 0 aromatic heterocycles. The monoisotopic (exact) mass is 634 g/mol. The SMILES string of the molecule is O=C(O)CN1C2=C(C(=O)CCC2)C(c2ccc(Oc3ccc(C(F)(F)F)cc3[N+](=O)[O-])c(Br)c2)C2=C1CCCC2=O. The van der Waals surface area contributed by atoms with Crippen LogP contribution in [-0.4, -0.2) is 39.0 Å². The third-order valence-electron chi connectivity index (χ3n) is 7.37. The molecule has 1 heterocycles. The summed E-state index contributed by atoms with van der Waals surface area (Å²) < 4.78 is 45.2. The second kappa shape index (κ2) is 10.8. The molecule has 0 saturated heterocycles. The minimum absolute atomic E-state index is 0.0632. The molecule has 2 aromatic rings. The van der Waals surface area contributed by atoms with Crippen molar-refractivity contribution >= 4 is 39.2 Å². The van der Waals surface area contributed by atoms with Gasteiger partial charge in [-0.25, -0.2) is 0 Å². The van der Waals surface area contributed by atoms with Gasteiger partial charge in [-0.1, -0.05) is 6.07 Å². The number of halogens is 4. The first-order valence-corrected chi connectivity index (χ1v) is 13.5. The van der Waals surface area contributed by atoms with Crippen LogP contribution < -0.4 is 4.74 Å². The number of carbonyl (C=O) groups is 3. The lowest BCUT2D eigenvalue weighted by molar-refractivity contribution is -0.385. The topological polar surface area (TPSA) is 127 Å². The number of ether oxygens (including phenoxy) is 1. The van der Waals surface area contributed by atoms with Crippen LogP contribution in [0.4, 0.5) is 18.9 Å². The Hall–Kier alpha value is -4.00. The molecule has 0 spiro atoms. The van der Waals surface area contributed by atoms with Crippen molar-refractivity contribution in [3.05, 3.63) is 84.7 Å². The summed E-state index contributed by atoms with van der Waals surface area (Å²) in [5, 5.41) is 21.1. The molecule has 2 aliphatic carbocycles. The zero-order valence-electron chi connectivity index (χ0n) is 21.3. The zero-order valence-corrected chi connectivity index (χ0v) is 22.9. The van der Waals surface area contributed by atoms with Crippen molar-refractivity contribution in [1.82, 2.24) is 4.90 Å². The van der Waals surface area contributed by atoms with E-state index in [1.54, 1.807) is 17.0 Å². The van der Waals surface area contributed by atoms with Gasteiger partial charge in [0.25, 0.3) is 0 Å². The van der Waals surface area contributed by atoms with Gasteiger partial charge in [0.05, 0.1) is 15.0 Å². The lowest BCUT2D eigenvalue weighted by Gasteiger charge is -2.43. The number of benzene rings is 2. The molecular weight excluding hydrogens is 613 g/mol. The summed E-state index contributed by atoms with van der Waals surface area (Å²) in [7, 11) is 0. The predicted octanol–water partition coefficient (Wildman–Crippen LogP) is 6.67. The Kier molecular flexibility index (Phi) is 7.49. The minimum atomic E-state index is -4.78. The van der Waals surface area contributed by atoms with E-state index in [1.165, 1.54) is 6.07 Å². The molecule has 5 rings (SSSR count). The number of alkyl halides is 3. The molecule has 0 fully saturated rings. The molecule has 9 nitrogen and oxygen atoms in total. The summed E-state index contributed by atoms with van der Waals surface area (Å²) in [5.41, 5.74) is 0.440. The molecule has 0 radical (unpaired) electrons. The molecule has 0 amide bonds. The fourth-order valence-electron chi connectivity index (χ4n) is 5.70. The van der Waals surface area contributed by atoms with Gasteiger partial charge < -0.3 is 14.7 Å². The number of nitrogens with zero attached hydrogens (tertiary/aromatic N) is 2. The Balaban J connectivity index is 1.57. The lowest BCUT2D eigenvalue weighted by Crippen LogP contribution is -2.41. The van der Waals surface area contributed by atoms with E-state index in [0.717, 1.165) is 6.07 Å². The second-order valence-corrected chi connectivity index (χ2v) is 10.8. The standard InChI is InChI=1S/C28H22BrF3N2O7/c29-16-11-14(7-9-22(16)41-23-10-8-15(28(30,31)32)12-19(23)34(39)40)25-26-17(3-1-5-20(26)35)33(13-24(37)38)18-4-2-6-21(36)27(18)25/h7-12,25H,1-6,13H2,(H,37,38). The summed E-state index contributed by atoms with van der Waals surface area (Å²) in [6, 6.07) is 6.59. The van der Waals surface area contributed by atoms with Crippen molar-refractivity contribution in [3.63, 3.8) is 0 Å². The smallest absolute Gasteiger partial charge is 0.416 e. The highest BCUT2D eigenvalue weighted by Gasteiger charge is 2.44. The fraction of sp³-hybridized carbons (Fsp3) is 0.321. The van der Waals surface area contributed by atoms with Gasteiger partial charge in [0, 0.05) is 47.4 Å². The summed E-state index contributed by atoms with van der Waals surface area (Å²) >= 11 is 3.37. The average Bonchev–Trinajstić information content (AvgIpc) is 2.90. The number of carboxylic acids is 1. The van der Waals surface area contributed by atoms with Crippen molar-refractivity contribution in [3.8, 4) is 11.5 Å². The zero-order chi connectivity index (χ0) is 29.6. The van der Waals surface area contributed by atoms with Gasteiger partial charge >= 0.3 is 17.8 Å². The van der Waals surface area contributed by atoms with Gasteiger partial charge in [-0.05, 0) is 71.4 Å². The number of allylic oxidation sites excluding steroid dienone is 4. The minimum Gasteiger partial charge on any atom is -0.480 e. The highest BCUT2D eigenvalue weighted by Crippen LogP contribution is 2.50. The van der Waals surface area contributed by atoms with Crippen LogP contribution in [0.3, 0.4) is 0 Å². The Morgan fingerprint density at radius 2 is 1.59 bits per heavy atom. The van der Waals surface area contributed by atoms with Crippen LogP contribution in [0.5, 0.6) is 11.5 Å². The van der Waals surface area contributed by atoms with Gasteiger partial charge in [-0.2, -0.15) is 13.2 Å². The molecule has 0 bridgehead atoms. The summed E-state index contributed by atoms with van der Waals surface area (Å²) in [6.45, 7) is -0.368. The molecule has 0 atom stereocenters. The number of hydrogen-bond donors (Lipinski definition) is 1. The third kappa shape index (κ3) is 5.37. The van der Waals surface area contributed by atoms with Crippen molar-refractivity contribution < 1.29 is 42.3 Å². The van der Waals surface area contributed by atoms with Crippen LogP contribution in [0.25, 0.3) is 0 Å². The van der Waals surface area contributed by atoms with Crippen molar-refractivity contribution in [2.75, 3.05) is 6.54 Å². The van der Waals surface area contributed by atoms with E-state index >= 15 is 0 Å². The molecule has 1 N–H and O–H groups in total. The number of Topliss-reactive ketones (excluding diaryl/α,β-unsaturated/α-hetero) is 2. The van der Waals surface area contributed by atoms with E-state index in [-0.39, 0.29) is 41.2 Å². The molecule has 214 valence electrons. The van der Waals surface area contributed by atoms with Crippen LogP contribution >= 0.6 is 15.9 Å². The lowest BCUT2D eigenvalue weighted by atomic mass is 9.71. The van der Waals surface area contributed by atoms with E-state index in [4.69, 9.17) is 4.74 Å². The van der Waals surface area contributed by atoms with E-state index in [9.17, 15) is 42.8 Å². The second-order valence-electron chi connectivity index (χ2n) is 9.92. The van der Waals surface area contributed by atoms with Gasteiger partial charge in [-0.15, -0.1) is 0 Å². The molecule has 13 heteroatoms. The molecule has 1 aliphatic heterocycles. The summed E-state index contributed by atoms with van der Waals surface area (Å²) in [6.07, 6.45) is -2.19. The first-order chi connectivity index (χ1) is 19.4. The number of carboxylic acid groups (broad SMARTS) is 1. The summed E-state index contributed by atoms with van der Waals surface area (Å²) in [4.78, 5) is 50.4. The van der Waals surface area contributed by atoms with Gasteiger partial charge in [-0.3, -0.25) is 24.5 Å². The number of nitro groups is 1. The number of hydrogen-bond acceptors (Lipinski definition) is 7. The van der Waals surface area contributed by atoms with Crippen LogP contribution in [0.15, 0.2) is 63.4 Å². The number of ketones is 2. The molecule has 0 saturated carbocycles. The number of aliphatic carboxylic acids is 1. The highest BCUT2D eigenvalue weighted by molar-refractivity contribution is 9.10. The van der Waals surface area contributed by atoms with Crippen LogP contribution in [0, 0.1) is 10.1 Å². The first-order valence-electron chi connectivity index (χ1n) is 12.7. The molecule has 3 aliphatic rings. The maximum absolute atomic E-state index is 13.3. The number of nitro benzene ring substituents is 1. The Morgan fingerprint density at radius 3 is 2.10 bits per heavy atom. The van der Waals surface area contributed by atoms with Gasteiger partial charge in [0.15, 0.2) is 11.6 Å². The molecule has 2 aromatic carbocycles.